The summed E-state index contributed by atoms with van der Waals surface area (Å²) in [5.74, 6) is 1.91. The van der Waals surface area contributed by atoms with Gasteiger partial charge in [-0.05, 0) is 50.5 Å². The summed E-state index contributed by atoms with van der Waals surface area (Å²) in [5, 5.41) is 14.2. The van der Waals surface area contributed by atoms with Gasteiger partial charge in [-0.15, -0.1) is 0 Å². The highest BCUT2D eigenvalue weighted by Crippen LogP contribution is 2.34. The van der Waals surface area contributed by atoms with Gasteiger partial charge < -0.3 is 14.8 Å². The van der Waals surface area contributed by atoms with Gasteiger partial charge in [0.15, 0.2) is 0 Å². The summed E-state index contributed by atoms with van der Waals surface area (Å²) in [6.07, 6.45) is 9.36. The lowest BCUT2D eigenvalue weighted by atomic mass is 9.79. The SMILES string of the molecule is CC1CCC(O)(CNC2CCCc3occc32)CC1. The standard InChI is InChI=1S/C16H25NO2/c1-12-5-8-16(18,9-6-12)11-17-14-3-2-4-15-13(14)7-10-19-15/h7,10,12,14,17-18H,2-6,8-9,11H2,1H3. The third-order valence-electron chi connectivity index (χ3n) is 4.93. The fourth-order valence-corrected chi connectivity index (χ4v) is 3.49. The second kappa shape index (κ2) is 5.29. The second-order valence-corrected chi connectivity index (χ2v) is 6.53. The van der Waals surface area contributed by atoms with Crippen molar-refractivity contribution in [2.75, 3.05) is 6.54 Å². The largest absolute Gasteiger partial charge is 0.469 e. The molecular weight excluding hydrogens is 238 g/mol. The molecule has 0 saturated heterocycles. The third kappa shape index (κ3) is 2.87. The molecule has 3 nitrogen and oxygen atoms in total. The van der Waals surface area contributed by atoms with Gasteiger partial charge in [0.05, 0.1) is 11.9 Å². The summed E-state index contributed by atoms with van der Waals surface area (Å²) in [7, 11) is 0. The highest BCUT2D eigenvalue weighted by molar-refractivity contribution is 5.24. The highest BCUT2D eigenvalue weighted by atomic mass is 16.3. The number of aryl methyl sites for hydroxylation is 1. The van der Waals surface area contributed by atoms with Crippen molar-refractivity contribution in [2.24, 2.45) is 5.92 Å². The van der Waals surface area contributed by atoms with Gasteiger partial charge in [-0.2, -0.15) is 0 Å². The van der Waals surface area contributed by atoms with Gasteiger partial charge in [-0.1, -0.05) is 6.92 Å². The number of rotatable bonds is 3. The van der Waals surface area contributed by atoms with Gasteiger partial charge >= 0.3 is 0 Å². The molecule has 2 aliphatic rings. The van der Waals surface area contributed by atoms with E-state index < -0.39 is 5.60 Å². The van der Waals surface area contributed by atoms with Gasteiger partial charge in [0.25, 0.3) is 0 Å². The van der Waals surface area contributed by atoms with Crippen LogP contribution in [0.25, 0.3) is 0 Å². The molecule has 3 rings (SSSR count). The number of hydrogen-bond donors (Lipinski definition) is 2. The molecule has 1 unspecified atom stereocenters. The lowest BCUT2D eigenvalue weighted by Crippen LogP contribution is -2.44. The molecule has 0 amide bonds. The monoisotopic (exact) mass is 263 g/mol. The Balaban J connectivity index is 1.59. The topological polar surface area (TPSA) is 45.4 Å². The van der Waals surface area contributed by atoms with Crippen LogP contribution in [0.2, 0.25) is 0 Å². The molecule has 1 atom stereocenters. The molecule has 1 heterocycles. The lowest BCUT2D eigenvalue weighted by molar-refractivity contribution is -0.00865. The third-order valence-corrected chi connectivity index (χ3v) is 4.93. The Morgan fingerprint density at radius 1 is 1.37 bits per heavy atom. The van der Waals surface area contributed by atoms with Crippen LogP contribution >= 0.6 is 0 Å². The van der Waals surface area contributed by atoms with Gasteiger partial charge in [-0.25, -0.2) is 0 Å². The van der Waals surface area contributed by atoms with E-state index in [1.807, 2.05) is 0 Å². The Labute approximate surface area is 115 Å². The molecule has 2 aliphatic carbocycles. The maximum atomic E-state index is 10.6. The molecule has 1 aromatic heterocycles. The van der Waals surface area contributed by atoms with Crippen molar-refractivity contribution >= 4 is 0 Å². The molecule has 0 spiro atoms. The van der Waals surface area contributed by atoms with Crippen LogP contribution in [-0.4, -0.2) is 17.3 Å². The minimum atomic E-state index is -0.492. The maximum Gasteiger partial charge on any atom is 0.108 e. The normalized spacial score (nSPS) is 35.1. The van der Waals surface area contributed by atoms with Crippen LogP contribution in [0.1, 0.15) is 62.8 Å². The van der Waals surface area contributed by atoms with E-state index in [2.05, 4.69) is 18.3 Å². The van der Waals surface area contributed by atoms with Crippen molar-refractivity contribution in [1.82, 2.24) is 5.32 Å². The number of aliphatic hydroxyl groups is 1. The lowest BCUT2D eigenvalue weighted by Gasteiger charge is -2.36. The molecule has 1 saturated carbocycles. The minimum Gasteiger partial charge on any atom is -0.469 e. The first kappa shape index (κ1) is 13.2. The van der Waals surface area contributed by atoms with E-state index in [0.29, 0.717) is 6.04 Å². The van der Waals surface area contributed by atoms with Crippen LogP contribution in [0.4, 0.5) is 0 Å². The summed E-state index contributed by atoms with van der Waals surface area (Å²) < 4.78 is 5.51. The maximum absolute atomic E-state index is 10.6. The van der Waals surface area contributed by atoms with E-state index in [-0.39, 0.29) is 0 Å². The van der Waals surface area contributed by atoms with Crippen LogP contribution < -0.4 is 5.32 Å². The number of nitrogens with one attached hydrogen (secondary N) is 1. The van der Waals surface area contributed by atoms with E-state index in [9.17, 15) is 5.11 Å². The minimum absolute atomic E-state index is 0.367. The van der Waals surface area contributed by atoms with Crippen LogP contribution in [0.3, 0.4) is 0 Å². The zero-order valence-corrected chi connectivity index (χ0v) is 11.8. The highest BCUT2D eigenvalue weighted by Gasteiger charge is 2.33. The summed E-state index contributed by atoms with van der Waals surface area (Å²) in [5.41, 5.74) is 0.812. The Kier molecular flexibility index (Phi) is 3.68. The molecule has 0 aliphatic heterocycles. The summed E-state index contributed by atoms with van der Waals surface area (Å²) in [6.45, 7) is 3.00. The Bertz CT molecular complexity index is 418. The predicted octanol–water partition coefficient (Wildman–Crippen LogP) is 3.19. The van der Waals surface area contributed by atoms with E-state index in [4.69, 9.17) is 4.42 Å². The van der Waals surface area contributed by atoms with Crippen molar-refractivity contribution in [2.45, 2.75) is 63.5 Å². The Morgan fingerprint density at radius 3 is 2.95 bits per heavy atom. The smallest absolute Gasteiger partial charge is 0.108 e. The van der Waals surface area contributed by atoms with E-state index in [1.165, 1.54) is 12.0 Å². The Hall–Kier alpha value is -0.800. The van der Waals surface area contributed by atoms with Crippen molar-refractivity contribution in [3.05, 3.63) is 23.7 Å². The van der Waals surface area contributed by atoms with Gasteiger partial charge in [0.1, 0.15) is 5.76 Å². The van der Waals surface area contributed by atoms with Crippen molar-refractivity contribution < 1.29 is 9.52 Å². The van der Waals surface area contributed by atoms with E-state index >= 15 is 0 Å². The van der Waals surface area contributed by atoms with Gasteiger partial charge in [-0.3, -0.25) is 0 Å². The Morgan fingerprint density at radius 2 is 2.16 bits per heavy atom. The van der Waals surface area contributed by atoms with Crippen LogP contribution in [0.15, 0.2) is 16.7 Å². The molecule has 2 N–H and O–H groups in total. The first-order valence-electron chi connectivity index (χ1n) is 7.68. The van der Waals surface area contributed by atoms with Crippen molar-refractivity contribution in [3.63, 3.8) is 0 Å². The molecule has 0 radical (unpaired) electrons. The van der Waals surface area contributed by atoms with E-state index in [1.54, 1.807) is 6.26 Å². The average Bonchev–Trinajstić information content (AvgIpc) is 2.89. The predicted molar refractivity (Wildman–Crippen MR) is 75.0 cm³/mol. The first-order valence-corrected chi connectivity index (χ1v) is 7.68. The van der Waals surface area contributed by atoms with Crippen LogP contribution in [0, 0.1) is 5.92 Å². The zero-order valence-electron chi connectivity index (χ0n) is 11.8. The molecule has 0 bridgehead atoms. The first-order chi connectivity index (χ1) is 9.16. The van der Waals surface area contributed by atoms with Gasteiger partial charge in [0.2, 0.25) is 0 Å². The summed E-state index contributed by atoms with van der Waals surface area (Å²) in [6, 6.07) is 2.45. The number of furan rings is 1. The molecule has 19 heavy (non-hydrogen) atoms. The second-order valence-electron chi connectivity index (χ2n) is 6.53. The number of hydrogen-bond acceptors (Lipinski definition) is 3. The number of fused-ring (bicyclic) bond motifs is 1. The average molecular weight is 263 g/mol. The van der Waals surface area contributed by atoms with Crippen molar-refractivity contribution in [1.29, 1.82) is 0 Å². The van der Waals surface area contributed by atoms with Crippen LogP contribution in [0.5, 0.6) is 0 Å². The van der Waals surface area contributed by atoms with Crippen LogP contribution in [-0.2, 0) is 6.42 Å². The quantitative estimate of drug-likeness (QED) is 0.880. The molecule has 1 fully saturated rings. The fraction of sp³-hybridized carbons (Fsp3) is 0.750. The summed E-state index contributed by atoms with van der Waals surface area (Å²) >= 11 is 0. The van der Waals surface area contributed by atoms with Crippen molar-refractivity contribution in [3.8, 4) is 0 Å². The van der Waals surface area contributed by atoms with Gasteiger partial charge in [0, 0.05) is 24.6 Å². The molecule has 0 aromatic carbocycles. The molecule has 3 heteroatoms. The molecular formula is C16H25NO2. The molecule has 106 valence electrons. The van der Waals surface area contributed by atoms with E-state index in [0.717, 1.165) is 56.7 Å². The zero-order chi connectivity index (χ0) is 13.3. The molecule has 1 aromatic rings. The summed E-state index contributed by atoms with van der Waals surface area (Å²) in [4.78, 5) is 0. The fourth-order valence-electron chi connectivity index (χ4n) is 3.49.